The van der Waals surface area contributed by atoms with Crippen molar-refractivity contribution in [1.29, 1.82) is 0 Å². The van der Waals surface area contributed by atoms with Crippen LogP contribution in [-0.2, 0) is 0 Å². The van der Waals surface area contributed by atoms with Gasteiger partial charge in [-0.05, 0) is 39.5 Å². The summed E-state index contributed by atoms with van der Waals surface area (Å²) in [6.45, 7) is 19.4. The molecular formula is C16H32N2. The lowest BCUT2D eigenvalue weighted by atomic mass is 9.83. The smallest absolute Gasteiger partial charge is 0.0195 e. The van der Waals surface area contributed by atoms with Crippen LogP contribution in [0.5, 0.6) is 0 Å². The Balaban J connectivity index is 2.45. The maximum Gasteiger partial charge on any atom is 0.0195 e. The molecule has 0 bridgehead atoms. The van der Waals surface area contributed by atoms with E-state index in [1.807, 2.05) is 0 Å². The van der Waals surface area contributed by atoms with E-state index in [9.17, 15) is 0 Å². The minimum Gasteiger partial charge on any atom is -0.311 e. The fraction of sp³-hybridized carbons (Fsp3) is 0.875. The molecule has 2 heteroatoms. The van der Waals surface area contributed by atoms with Gasteiger partial charge in [-0.15, -0.1) is 0 Å². The van der Waals surface area contributed by atoms with Gasteiger partial charge in [0.15, 0.2) is 0 Å². The molecule has 2 nitrogen and oxygen atoms in total. The molecule has 0 saturated heterocycles. The zero-order valence-corrected chi connectivity index (χ0v) is 13.4. The summed E-state index contributed by atoms with van der Waals surface area (Å²) in [6, 6.07) is 0.613. The molecule has 0 fully saturated rings. The molecule has 0 saturated carbocycles. The van der Waals surface area contributed by atoms with Gasteiger partial charge in [0.25, 0.3) is 0 Å². The lowest BCUT2D eigenvalue weighted by Crippen LogP contribution is -2.47. The van der Waals surface area contributed by atoms with E-state index in [0.717, 1.165) is 13.1 Å². The Labute approximate surface area is 114 Å². The minimum absolute atomic E-state index is 0.219. The lowest BCUT2D eigenvalue weighted by Gasteiger charge is -2.36. The number of rotatable bonds is 3. The number of nitrogens with one attached hydrogen (secondary N) is 1. The molecule has 1 rings (SSSR count). The molecular weight excluding hydrogens is 220 g/mol. The first-order chi connectivity index (χ1) is 8.09. The highest BCUT2D eigenvalue weighted by Gasteiger charge is 2.23. The topological polar surface area (TPSA) is 15.3 Å². The summed E-state index contributed by atoms with van der Waals surface area (Å²) in [5.74, 6) is 0. The van der Waals surface area contributed by atoms with Crippen molar-refractivity contribution in [3.63, 3.8) is 0 Å². The highest BCUT2D eigenvalue weighted by atomic mass is 15.2. The first-order valence-electron chi connectivity index (χ1n) is 7.28. The van der Waals surface area contributed by atoms with Gasteiger partial charge in [0.1, 0.15) is 0 Å². The predicted molar refractivity (Wildman–Crippen MR) is 80.9 cm³/mol. The van der Waals surface area contributed by atoms with E-state index in [2.05, 4.69) is 64.8 Å². The Bertz CT molecular complexity index is 291. The zero-order chi connectivity index (χ0) is 14.0. The largest absolute Gasteiger partial charge is 0.311 e. The van der Waals surface area contributed by atoms with E-state index >= 15 is 0 Å². The molecule has 0 aromatic carbocycles. The monoisotopic (exact) mass is 252 g/mol. The van der Waals surface area contributed by atoms with Gasteiger partial charge in [-0.1, -0.05) is 32.4 Å². The van der Waals surface area contributed by atoms with E-state index in [4.69, 9.17) is 0 Å². The molecule has 0 radical (unpaired) electrons. The van der Waals surface area contributed by atoms with Crippen LogP contribution >= 0.6 is 0 Å². The maximum atomic E-state index is 3.60. The van der Waals surface area contributed by atoms with Crippen molar-refractivity contribution in [2.24, 2.45) is 5.41 Å². The summed E-state index contributed by atoms with van der Waals surface area (Å²) in [5, 5.41) is 3.60. The van der Waals surface area contributed by atoms with Crippen molar-refractivity contribution in [2.75, 3.05) is 19.6 Å². The zero-order valence-electron chi connectivity index (χ0n) is 13.4. The average Bonchev–Trinajstić information content (AvgIpc) is 2.24. The van der Waals surface area contributed by atoms with E-state index in [-0.39, 0.29) is 5.54 Å². The molecule has 1 unspecified atom stereocenters. The molecule has 1 aliphatic rings. The Hall–Kier alpha value is -0.340. The SMILES string of the molecule is CC(CNC(C)(C)C)N1CC=C(C(C)(C)C)CC1. The predicted octanol–water partition coefficient (Wildman–Crippen LogP) is 3.44. The second-order valence-corrected chi connectivity index (χ2v) is 7.70. The fourth-order valence-electron chi connectivity index (χ4n) is 2.35. The second kappa shape index (κ2) is 5.75. The summed E-state index contributed by atoms with van der Waals surface area (Å²) in [4.78, 5) is 2.58. The van der Waals surface area contributed by atoms with Gasteiger partial charge in [-0.25, -0.2) is 0 Å². The first-order valence-corrected chi connectivity index (χ1v) is 7.28. The van der Waals surface area contributed by atoms with Gasteiger partial charge < -0.3 is 5.32 Å². The Kier molecular flexibility index (Phi) is 5.02. The van der Waals surface area contributed by atoms with Crippen molar-refractivity contribution >= 4 is 0 Å². The first kappa shape index (κ1) is 15.7. The molecule has 1 aliphatic heterocycles. The Morgan fingerprint density at radius 2 is 1.83 bits per heavy atom. The van der Waals surface area contributed by atoms with E-state index in [0.29, 0.717) is 11.5 Å². The highest BCUT2D eigenvalue weighted by Crippen LogP contribution is 2.30. The van der Waals surface area contributed by atoms with Gasteiger partial charge in [0.05, 0.1) is 0 Å². The van der Waals surface area contributed by atoms with Crippen LogP contribution in [0.4, 0.5) is 0 Å². The lowest BCUT2D eigenvalue weighted by molar-refractivity contribution is 0.201. The van der Waals surface area contributed by atoms with Gasteiger partial charge in [-0.2, -0.15) is 0 Å². The molecule has 0 aromatic rings. The van der Waals surface area contributed by atoms with Crippen LogP contribution in [0.3, 0.4) is 0 Å². The van der Waals surface area contributed by atoms with Crippen molar-refractivity contribution < 1.29 is 0 Å². The highest BCUT2D eigenvalue weighted by molar-refractivity contribution is 5.14. The summed E-state index contributed by atoms with van der Waals surface area (Å²) < 4.78 is 0. The third kappa shape index (κ3) is 5.11. The van der Waals surface area contributed by atoms with Crippen LogP contribution in [0.15, 0.2) is 11.6 Å². The van der Waals surface area contributed by atoms with Crippen LogP contribution in [-0.4, -0.2) is 36.1 Å². The van der Waals surface area contributed by atoms with Crippen LogP contribution < -0.4 is 5.32 Å². The molecule has 1 N–H and O–H groups in total. The average molecular weight is 252 g/mol. The molecule has 0 spiro atoms. The Morgan fingerprint density at radius 3 is 2.22 bits per heavy atom. The van der Waals surface area contributed by atoms with Crippen molar-refractivity contribution in [3.8, 4) is 0 Å². The van der Waals surface area contributed by atoms with Gasteiger partial charge in [-0.3, -0.25) is 4.90 Å². The molecule has 18 heavy (non-hydrogen) atoms. The van der Waals surface area contributed by atoms with Crippen molar-refractivity contribution in [1.82, 2.24) is 10.2 Å². The standard InChI is InChI=1S/C16H32N2/c1-13(12-17-16(5,6)7)18-10-8-14(9-11-18)15(2,3)4/h8,13,17H,9-12H2,1-7H3. The molecule has 1 heterocycles. The Morgan fingerprint density at radius 1 is 1.22 bits per heavy atom. The molecule has 1 atom stereocenters. The quantitative estimate of drug-likeness (QED) is 0.774. The van der Waals surface area contributed by atoms with Gasteiger partial charge >= 0.3 is 0 Å². The summed E-state index contributed by atoms with van der Waals surface area (Å²) in [5.41, 5.74) is 2.19. The van der Waals surface area contributed by atoms with Crippen LogP contribution in [0.2, 0.25) is 0 Å². The second-order valence-electron chi connectivity index (χ2n) is 7.70. The third-order valence-corrected chi connectivity index (χ3v) is 3.76. The van der Waals surface area contributed by atoms with E-state index in [1.54, 1.807) is 5.57 Å². The molecule has 0 amide bonds. The van der Waals surface area contributed by atoms with Crippen molar-refractivity contribution in [2.45, 2.75) is 66.5 Å². The summed E-state index contributed by atoms with van der Waals surface area (Å²) >= 11 is 0. The molecule has 0 aromatic heterocycles. The van der Waals surface area contributed by atoms with E-state index in [1.165, 1.54) is 13.0 Å². The summed E-state index contributed by atoms with van der Waals surface area (Å²) in [6.07, 6.45) is 3.67. The number of hydrogen-bond acceptors (Lipinski definition) is 2. The normalized spacial score (nSPS) is 20.7. The molecule has 0 aliphatic carbocycles. The van der Waals surface area contributed by atoms with Gasteiger partial charge in [0, 0.05) is 31.2 Å². The van der Waals surface area contributed by atoms with Crippen LogP contribution in [0, 0.1) is 5.41 Å². The molecule has 106 valence electrons. The van der Waals surface area contributed by atoms with E-state index < -0.39 is 0 Å². The van der Waals surface area contributed by atoms with Crippen LogP contribution in [0.25, 0.3) is 0 Å². The third-order valence-electron chi connectivity index (χ3n) is 3.76. The maximum absolute atomic E-state index is 3.60. The summed E-state index contributed by atoms with van der Waals surface area (Å²) in [7, 11) is 0. The number of hydrogen-bond donors (Lipinski definition) is 1. The minimum atomic E-state index is 0.219. The van der Waals surface area contributed by atoms with Crippen molar-refractivity contribution in [3.05, 3.63) is 11.6 Å². The van der Waals surface area contributed by atoms with Crippen LogP contribution in [0.1, 0.15) is 54.9 Å². The van der Waals surface area contributed by atoms with Gasteiger partial charge in [0.2, 0.25) is 0 Å². The fourth-order valence-corrected chi connectivity index (χ4v) is 2.35. The number of nitrogens with zero attached hydrogens (tertiary/aromatic N) is 1.